The summed E-state index contributed by atoms with van der Waals surface area (Å²) in [6.45, 7) is 4.61. The lowest BCUT2D eigenvalue weighted by molar-refractivity contribution is -0.119. The minimum atomic E-state index is -0.488. The molecule has 0 unspecified atom stereocenters. The Labute approximate surface area is 190 Å². The zero-order valence-corrected chi connectivity index (χ0v) is 19.7. The number of primary amides is 1. The number of carbonyl (C=O) groups excluding carboxylic acids is 1. The van der Waals surface area contributed by atoms with Gasteiger partial charge in [0.1, 0.15) is 5.75 Å². The Morgan fingerprint density at radius 2 is 2.10 bits per heavy atom. The number of benzene rings is 1. The van der Waals surface area contributed by atoms with Crippen LogP contribution in [0.3, 0.4) is 0 Å². The maximum atomic E-state index is 10.8. The van der Waals surface area contributed by atoms with Crippen molar-refractivity contribution in [2.75, 3.05) is 47.0 Å². The van der Waals surface area contributed by atoms with E-state index in [1.165, 1.54) is 0 Å². The maximum Gasteiger partial charge on any atom is 0.255 e. The summed E-state index contributed by atoms with van der Waals surface area (Å²) in [6.07, 6.45) is 3.29. The first-order valence-corrected chi connectivity index (χ1v) is 9.79. The topological polar surface area (TPSA) is 101 Å². The number of ether oxygens (including phenoxy) is 2. The fourth-order valence-corrected chi connectivity index (χ4v) is 3.21. The van der Waals surface area contributed by atoms with Gasteiger partial charge in [-0.25, -0.2) is 0 Å². The van der Waals surface area contributed by atoms with E-state index in [-0.39, 0.29) is 30.6 Å². The third-order valence-electron chi connectivity index (χ3n) is 4.71. The van der Waals surface area contributed by atoms with Crippen LogP contribution in [-0.4, -0.2) is 69.8 Å². The molecule has 1 fully saturated rings. The first-order chi connectivity index (χ1) is 13.6. The predicted octanol–water partition coefficient (Wildman–Crippen LogP) is 1.33. The van der Waals surface area contributed by atoms with Gasteiger partial charge in [0.2, 0.25) is 0 Å². The molecular formula is C20H34IN5O3. The lowest BCUT2D eigenvalue weighted by atomic mass is 10.1. The molecule has 8 nitrogen and oxygen atoms in total. The van der Waals surface area contributed by atoms with Crippen molar-refractivity contribution >= 4 is 35.8 Å². The fraction of sp³-hybridized carbons (Fsp3) is 0.600. The molecule has 0 aromatic heterocycles. The van der Waals surface area contributed by atoms with E-state index in [1.54, 1.807) is 20.2 Å². The van der Waals surface area contributed by atoms with Crippen molar-refractivity contribution in [3.63, 3.8) is 0 Å². The van der Waals surface area contributed by atoms with Gasteiger partial charge < -0.3 is 30.7 Å². The maximum absolute atomic E-state index is 10.8. The number of aliphatic imine (C=N–C) groups is 1. The lowest BCUT2D eigenvalue weighted by Crippen LogP contribution is -2.48. The van der Waals surface area contributed by atoms with Crippen LogP contribution in [0.2, 0.25) is 0 Å². The standard InChI is InChI=1S/C20H33N5O3.HI/c1-22-20(24-17-7-10-25(11-8-17)9-4-12-27-2)23-14-16-5-3-6-18(13-16)28-15-19(21)26;/h3,5-6,13,17H,4,7-12,14-15H2,1-2H3,(H2,21,26)(H2,22,23,24);1H. The van der Waals surface area contributed by atoms with Gasteiger partial charge in [0.25, 0.3) is 5.91 Å². The average Bonchev–Trinajstić information content (AvgIpc) is 2.71. The van der Waals surface area contributed by atoms with Crippen molar-refractivity contribution in [3.8, 4) is 5.75 Å². The van der Waals surface area contributed by atoms with Gasteiger partial charge in [-0.05, 0) is 37.0 Å². The van der Waals surface area contributed by atoms with Gasteiger partial charge in [-0.2, -0.15) is 0 Å². The van der Waals surface area contributed by atoms with Crippen LogP contribution in [0.15, 0.2) is 29.3 Å². The van der Waals surface area contributed by atoms with Crippen molar-refractivity contribution < 1.29 is 14.3 Å². The molecule has 0 aliphatic carbocycles. The summed E-state index contributed by atoms with van der Waals surface area (Å²) in [5, 5.41) is 6.85. The summed E-state index contributed by atoms with van der Waals surface area (Å²) in [4.78, 5) is 17.7. The molecular weight excluding hydrogens is 485 g/mol. The van der Waals surface area contributed by atoms with Crippen LogP contribution >= 0.6 is 24.0 Å². The summed E-state index contributed by atoms with van der Waals surface area (Å²) in [7, 11) is 3.53. The predicted molar refractivity (Wildman–Crippen MR) is 126 cm³/mol. The number of methoxy groups -OCH3 is 1. The van der Waals surface area contributed by atoms with E-state index < -0.39 is 5.91 Å². The molecule has 1 saturated heterocycles. The highest BCUT2D eigenvalue weighted by Crippen LogP contribution is 2.13. The zero-order chi connectivity index (χ0) is 20.2. The largest absolute Gasteiger partial charge is 0.484 e. The number of hydrogen-bond donors (Lipinski definition) is 3. The van der Waals surface area contributed by atoms with Gasteiger partial charge in [-0.15, -0.1) is 24.0 Å². The molecule has 9 heteroatoms. The first kappa shape index (κ1) is 25.4. The highest BCUT2D eigenvalue weighted by atomic mass is 127. The number of guanidine groups is 1. The van der Waals surface area contributed by atoms with Gasteiger partial charge in [0.05, 0.1) is 0 Å². The van der Waals surface area contributed by atoms with Crippen LogP contribution in [0.5, 0.6) is 5.75 Å². The number of likely N-dealkylation sites (tertiary alicyclic amines) is 1. The van der Waals surface area contributed by atoms with E-state index in [2.05, 4.69) is 20.5 Å². The Morgan fingerprint density at radius 1 is 1.34 bits per heavy atom. The summed E-state index contributed by atoms with van der Waals surface area (Å²) in [6, 6.07) is 8.01. The van der Waals surface area contributed by atoms with E-state index in [4.69, 9.17) is 15.2 Å². The Bertz CT molecular complexity index is 636. The molecule has 4 N–H and O–H groups in total. The van der Waals surface area contributed by atoms with Gasteiger partial charge in [0.15, 0.2) is 12.6 Å². The summed E-state index contributed by atoms with van der Waals surface area (Å²) in [5.74, 6) is 0.932. The van der Waals surface area contributed by atoms with Crippen molar-refractivity contribution in [2.45, 2.75) is 31.8 Å². The molecule has 0 spiro atoms. The smallest absolute Gasteiger partial charge is 0.255 e. The monoisotopic (exact) mass is 519 g/mol. The number of hydrogen-bond acceptors (Lipinski definition) is 5. The van der Waals surface area contributed by atoms with Gasteiger partial charge in [-0.3, -0.25) is 9.79 Å². The van der Waals surface area contributed by atoms with E-state index in [0.29, 0.717) is 18.3 Å². The lowest BCUT2D eigenvalue weighted by Gasteiger charge is -2.33. The third kappa shape index (κ3) is 10.1. The Balaban J connectivity index is 0.00000420. The number of rotatable bonds is 10. The number of nitrogens with zero attached hydrogens (tertiary/aromatic N) is 2. The van der Waals surface area contributed by atoms with Crippen molar-refractivity contribution in [1.29, 1.82) is 0 Å². The second-order valence-corrected chi connectivity index (χ2v) is 6.93. The Morgan fingerprint density at radius 3 is 2.76 bits per heavy atom. The van der Waals surface area contributed by atoms with Gasteiger partial charge >= 0.3 is 0 Å². The normalized spacial score (nSPS) is 15.4. The highest BCUT2D eigenvalue weighted by molar-refractivity contribution is 14.0. The fourth-order valence-electron chi connectivity index (χ4n) is 3.21. The molecule has 1 aromatic carbocycles. The molecule has 1 amide bonds. The summed E-state index contributed by atoms with van der Waals surface area (Å²) < 4.78 is 10.5. The highest BCUT2D eigenvalue weighted by Gasteiger charge is 2.19. The molecule has 0 saturated carbocycles. The van der Waals surface area contributed by atoms with Crippen LogP contribution in [0.25, 0.3) is 0 Å². The Kier molecular flexibility index (Phi) is 12.6. The number of piperidine rings is 1. The molecule has 1 aliphatic heterocycles. The number of halogens is 1. The third-order valence-corrected chi connectivity index (χ3v) is 4.71. The first-order valence-electron chi connectivity index (χ1n) is 9.79. The van der Waals surface area contributed by atoms with Gasteiger partial charge in [-0.1, -0.05) is 12.1 Å². The van der Waals surface area contributed by atoms with E-state index >= 15 is 0 Å². The van der Waals surface area contributed by atoms with Crippen molar-refractivity contribution in [2.24, 2.45) is 10.7 Å². The number of carbonyl (C=O) groups is 1. The number of amides is 1. The molecule has 1 aliphatic rings. The second kappa shape index (κ2) is 14.4. The van der Waals surface area contributed by atoms with Crippen LogP contribution in [0.4, 0.5) is 0 Å². The van der Waals surface area contributed by atoms with Crippen molar-refractivity contribution in [3.05, 3.63) is 29.8 Å². The molecule has 0 atom stereocenters. The van der Waals surface area contributed by atoms with Crippen molar-refractivity contribution in [1.82, 2.24) is 15.5 Å². The molecule has 0 radical (unpaired) electrons. The molecule has 1 heterocycles. The number of nitrogens with two attached hydrogens (primary N) is 1. The van der Waals surface area contributed by atoms with Gasteiger partial charge in [0, 0.05) is 53.0 Å². The van der Waals surface area contributed by atoms with Crippen LogP contribution in [-0.2, 0) is 16.1 Å². The second-order valence-electron chi connectivity index (χ2n) is 6.93. The van der Waals surface area contributed by atoms with Crippen LogP contribution in [0.1, 0.15) is 24.8 Å². The summed E-state index contributed by atoms with van der Waals surface area (Å²) in [5.41, 5.74) is 6.15. The zero-order valence-electron chi connectivity index (χ0n) is 17.4. The van der Waals surface area contributed by atoms with Crippen LogP contribution < -0.4 is 21.1 Å². The molecule has 2 rings (SSSR count). The Hall–Kier alpha value is -1.59. The quantitative estimate of drug-likeness (QED) is 0.187. The molecule has 1 aromatic rings. The van der Waals surface area contributed by atoms with E-state index in [9.17, 15) is 4.79 Å². The van der Waals surface area contributed by atoms with E-state index in [1.807, 2.05) is 18.2 Å². The minimum Gasteiger partial charge on any atom is -0.484 e. The molecule has 29 heavy (non-hydrogen) atoms. The van der Waals surface area contributed by atoms with E-state index in [0.717, 1.165) is 57.0 Å². The molecule has 164 valence electrons. The molecule has 0 bridgehead atoms. The summed E-state index contributed by atoms with van der Waals surface area (Å²) >= 11 is 0. The minimum absolute atomic E-state index is 0. The number of nitrogens with one attached hydrogen (secondary N) is 2. The SMILES string of the molecule is CN=C(NCc1cccc(OCC(N)=O)c1)NC1CCN(CCCOC)CC1.I. The van der Waals surface area contributed by atoms with Crippen LogP contribution in [0, 0.1) is 0 Å². The average molecular weight is 519 g/mol.